The number of rotatable bonds is 62. The van der Waals surface area contributed by atoms with E-state index in [0.29, 0.717) is 19.3 Å². The highest BCUT2D eigenvalue weighted by molar-refractivity contribution is 5.71. The number of esters is 3. The number of carbonyl (C=O) groups excluding carboxylic acids is 3. The first-order valence-electron chi connectivity index (χ1n) is 34.7. The number of ether oxygens (including phenoxy) is 3. The zero-order chi connectivity index (χ0) is 59.9. The maximum absolute atomic E-state index is 12.9. The van der Waals surface area contributed by atoms with Crippen molar-refractivity contribution in [3.63, 3.8) is 0 Å². The minimum atomic E-state index is -0.786. The number of unbranched alkanes of at least 4 members (excludes halogenated alkanes) is 29. The standard InChI is InChI=1S/C77H128O6/c1-4-7-10-13-16-19-21-23-25-27-29-31-33-35-37-38-40-41-43-45-47-49-51-53-55-58-61-64-67-70-76(79)82-73-74(72-81-75(78)69-66-63-60-57-18-15-12-9-6-3)83-77(80)71-68-65-62-59-56-54-52-50-48-46-44-42-39-36-34-32-30-28-26-24-22-20-17-14-11-8-5-2/h7-8,10-11,16-17,19-20,23-26,29-32,35-37,39,44,46,74H,4-6,9,12-15,18,21-22,27-28,33-34,38,40-43,45,47-73H2,1-3H3/b10-7-,11-8-,19-16-,20-17-,25-23-,26-24-,31-29-,32-30-,37-35-,39-36-,46-44-. The van der Waals surface area contributed by atoms with Crippen LogP contribution in [-0.2, 0) is 28.6 Å². The predicted molar refractivity (Wildman–Crippen MR) is 362 cm³/mol. The molecule has 0 bridgehead atoms. The molecular formula is C77H128O6. The number of hydrogen-bond acceptors (Lipinski definition) is 6. The molecule has 1 atom stereocenters. The van der Waals surface area contributed by atoms with E-state index in [1.54, 1.807) is 0 Å². The first-order valence-corrected chi connectivity index (χ1v) is 34.7. The van der Waals surface area contributed by atoms with Crippen molar-refractivity contribution in [2.75, 3.05) is 13.2 Å². The van der Waals surface area contributed by atoms with Gasteiger partial charge in [0.05, 0.1) is 0 Å². The average Bonchev–Trinajstić information content (AvgIpc) is 3.49. The highest BCUT2D eigenvalue weighted by Crippen LogP contribution is 2.16. The van der Waals surface area contributed by atoms with Gasteiger partial charge >= 0.3 is 17.9 Å². The SMILES string of the molecule is CC/C=C\C/C=C\C/C=C\C/C=C\C/C=C\C/C=C\CCCCCCCCCCC(=O)OC(COC(=O)CCCCCCCCCCC)COC(=O)CCCCCCCCCCCCCCC/C=C\C/C=C\C/C=C\C/C=C\C/C=C\CC. The lowest BCUT2D eigenvalue weighted by atomic mass is 10.0. The minimum Gasteiger partial charge on any atom is -0.462 e. The first-order chi connectivity index (χ1) is 41.0. The third-order valence-corrected chi connectivity index (χ3v) is 14.7. The molecule has 0 spiro atoms. The van der Waals surface area contributed by atoms with Crippen LogP contribution in [0.3, 0.4) is 0 Å². The molecule has 0 saturated heterocycles. The van der Waals surface area contributed by atoms with Crippen LogP contribution in [-0.4, -0.2) is 37.2 Å². The number of carbonyl (C=O) groups is 3. The maximum atomic E-state index is 12.9. The van der Waals surface area contributed by atoms with E-state index in [9.17, 15) is 14.4 Å². The van der Waals surface area contributed by atoms with Crippen LogP contribution in [0.25, 0.3) is 0 Å². The summed E-state index contributed by atoms with van der Waals surface area (Å²) in [5.74, 6) is -0.886. The van der Waals surface area contributed by atoms with Gasteiger partial charge in [-0.25, -0.2) is 0 Å². The van der Waals surface area contributed by atoms with Crippen molar-refractivity contribution in [2.45, 2.75) is 322 Å². The van der Waals surface area contributed by atoms with Crippen molar-refractivity contribution < 1.29 is 28.6 Å². The summed E-state index contributed by atoms with van der Waals surface area (Å²) in [4.78, 5) is 38.3. The van der Waals surface area contributed by atoms with E-state index in [4.69, 9.17) is 14.2 Å². The van der Waals surface area contributed by atoms with Gasteiger partial charge in [0.1, 0.15) is 13.2 Å². The zero-order valence-corrected chi connectivity index (χ0v) is 54.2. The summed E-state index contributed by atoms with van der Waals surface area (Å²) in [7, 11) is 0. The van der Waals surface area contributed by atoms with Gasteiger partial charge in [0.25, 0.3) is 0 Å². The van der Waals surface area contributed by atoms with Crippen molar-refractivity contribution in [3.05, 3.63) is 134 Å². The van der Waals surface area contributed by atoms with Crippen molar-refractivity contribution in [1.82, 2.24) is 0 Å². The van der Waals surface area contributed by atoms with Gasteiger partial charge in [0.15, 0.2) is 6.10 Å². The molecule has 0 aliphatic rings. The molecule has 0 amide bonds. The minimum absolute atomic E-state index is 0.0815. The van der Waals surface area contributed by atoms with E-state index in [1.165, 1.54) is 141 Å². The van der Waals surface area contributed by atoms with E-state index < -0.39 is 6.10 Å². The second kappa shape index (κ2) is 70.0. The van der Waals surface area contributed by atoms with E-state index in [-0.39, 0.29) is 31.1 Å². The van der Waals surface area contributed by atoms with Crippen molar-refractivity contribution >= 4 is 17.9 Å². The van der Waals surface area contributed by atoms with Gasteiger partial charge in [-0.1, -0.05) is 315 Å². The van der Waals surface area contributed by atoms with Crippen molar-refractivity contribution in [1.29, 1.82) is 0 Å². The van der Waals surface area contributed by atoms with Crippen molar-refractivity contribution in [2.24, 2.45) is 0 Å². The normalized spacial score (nSPS) is 13.0. The quantitative estimate of drug-likeness (QED) is 0.0261. The van der Waals surface area contributed by atoms with E-state index >= 15 is 0 Å². The Bertz CT molecular complexity index is 1750. The number of hydrogen-bond donors (Lipinski definition) is 0. The molecule has 6 heteroatoms. The molecule has 0 aliphatic heterocycles. The fourth-order valence-electron chi connectivity index (χ4n) is 9.53. The Morgan fingerprint density at radius 2 is 0.470 bits per heavy atom. The highest BCUT2D eigenvalue weighted by atomic mass is 16.6. The van der Waals surface area contributed by atoms with Gasteiger partial charge in [0, 0.05) is 19.3 Å². The Hall–Kier alpha value is -4.45. The van der Waals surface area contributed by atoms with Gasteiger partial charge < -0.3 is 14.2 Å². The van der Waals surface area contributed by atoms with Gasteiger partial charge in [-0.15, -0.1) is 0 Å². The largest absolute Gasteiger partial charge is 0.462 e. The Kier molecular flexibility index (Phi) is 66.3. The topological polar surface area (TPSA) is 78.9 Å². The summed E-state index contributed by atoms with van der Waals surface area (Å²) >= 11 is 0. The Labute approximate surface area is 513 Å². The zero-order valence-electron chi connectivity index (χ0n) is 54.2. The lowest BCUT2D eigenvalue weighted by molar-refractivity contribution is -0.167. The van der Waals surface area contributed by atoms with E-state index in [0.717, 1.165) is 135 Å². The molecule has 83 heavy (non-hydrogen) atoms. The summed E-state index contributed by atoms with van der Waals surface area (Å²) in [5.41, 5.74) is 0. The molecule has 0 saturated carbocycles. The van der Waals surface area contributed by atoms with Gasteiger partial charge in [-0.05, 0) is 116 Å². The summed E-state index contributed by atoms with van der Waals surface area (Å²) < 4.78 is 16.9. The Balaban J connectivity index is 4.21. The maximum Gasteiger partial charge on any atom is 0.306 e. The molecule has 0 N–H and O–H groups in total. The van der Waals surface area contributed by atoms with Crippen LogP contribution in [0.15, 0.2) is 134 Å². The van der Waals surface area contributed by atoms with Crippen LogP contribution in [0.2, 0.25) is 0 Å². The fourth-order valence-corrected chi connectivity index (χ4v) is 9.53. The van der Waals surface area contributed by atoms with Gasteiger partial charge in [-0.2, -0.15) is 0 Å². The van der Waals surface area contributed by atoms with Crippen LogP contribution < -0.4 is 0 Å². The Morgan fingerprint density at radius 1 is 0.253 bits per heavy atom. The molecule has 0 fully saturated rings. The molecule has 0 aromatic heterocycles. The van der Waals surface area contributed by atoms with Gasteiger partial charge in [-0.3, -0.25) is 14.4 Å². The third kappa shape index (κ3) is 68.2. The average molecular weight is 1150 g/mol. The molecule has 6 nitrogen and oxygen atoms in total. The van der Waals surface area contributed by atoms with Crippen LogP contribution in [0.1, 0.15) is 316 Å². The molecule has 0 rings (SSSR count). The molecule has 472 valence electrons. The summed E-state index contributed by atoms with van der Waals surface area (Å²) in [6, 6.07) is 0. The molecule has 0 heterocycles. The molecule has 0 aromatic carbocycles. The van der Waals surface area contributed by atoms with Crippen molar-refractivity contribution in [3.8, 4) is 0 Å². The third-order valence-electron chi connectivity index (χ3n) is 14.7. The van der Waals surface area contributed by atoms with Crippen LogP contribution in [0.4, 0.5) is 0 Å². The lowest BCUT2D eigenvalue weighted by Gasteiger charge is -2.18. The molecule has 0 aliphatic carbocycles. The van der Waals surface area contributed by atoms with E-state index in [1.807, 2.05) is 0 Å². The predicted octanol–water partition coefficient (Wildman–Crippen LogP) is 24.1. The molecule has 0 radical (unpaired) electrons. The van der Waals surface area contributed by atoms with Crippen LogP contribution in [0, 0.1) is 0 Å². The smallest absolute Gasteiger partial charge is 0.306 e. The molecule has 0 aromatic rings. The summed E-state index contributed by atoms with van der Waals surface area (Å²) in [5, 5.41) is 0. The number of allylic oxidation sites excluding steroid dienone is 22. The highest BCUT2D eigenvalue weighted by Gasteiger charge is 2.19. The Morgan fingerprint density at radius 3 is 0.735 bits per heavy atom. The van der Waals surface area contributed by atoms with Crippen LogP contribution in [0.5, 0.6) is 0 Å². The molecular weight excluding hydrogens is 1020 g/mol. The summed E-state index contributed by atoms with van der Waals surface area (Å²) in [6.45, 7) is 6.41. The van der Waals surface area contributed by atoms with E-state index in [2.05, 4.69) is 154 Å². The second-order valence-corrected chi connectivity index (χ2v) is 22.7. The monoisotopic (exact) mass is 1150 g/mol. The lowest BCUT2D eigenvalue weighted by Crippen LogP contribution is -2.30. The van der Waals surface area contributed by atoms with Gasteiger partial charge in [0.2, 0.25) is 0 Å². The molecule has 1 unspecified atom stereocenters. The first kappa shape index (κ1) is 78.5. The second-order valence-electron chi connectivity index (χ2n) is 22.7. The summed E-state index contributed by atoms with van der Waals surface area (Å²) in [6.07, 6.45) is 99.1. The van der Waals surface area contributed by atoms with Crippen LogP contribution >= 0.6 is 0 Å². The fraction of sp³-hybridized carbons (Fsp3) is 0.675.